The first kappa shape index (κ1) is 18.4. The molecule has 0 aliphatic rings. The van der Waals surface area contributed by atoms with Crippen LogP contribution in [0.3, 0.4) is 0 Å². The number of aromatic nitrogens is 2. The van der Waals surface area contributed by atoms with Crippen molar-refractivity contribution in [1.82, 2.24) is 20.8 Å². The van der Waals surface area contributed by atoms with Crippen molar-refractivity contribution < 1.29 is 14.3 Å². The molecule has 1 aromatic heterocycles. The van der Waals surface area contributed by atoms with Gasteiger partial charge in [-0.25, -0.2) is 4.98 Å². The third-order valence-electron chi connectivity index (χ3n) is 4.38. The van der Waals surface area contributed by atoms with Gasteiger partial charge in [0.25, 0.3) is 11.8 Å². The molecule has 2 N–H and O–H groups in total. The Hall–Kier alpha value is -4.00. The first-order valence-electron chi connectivity index (χ1n) is 9.07. The van der Waals surface area contributed by atoms with Crippen molar-refractivity contribution in [2.24, 2.45) is 0 Å². The molecule has 0 aliphatic heterocycles. The van der Waals surface area contributed by atoms with Gasteiger partial charge in [0.2, 0.25) is 0 Å². The number of hydrogen-bond donors (Lipinski definition) is 2. The Labute approximate surface area is 166 Å². The van der Waals surface area contributed by atoms with Crippen molar-refractivity contribution in [3.05, 3.63) is 78.6 Å². The molecule has 0 bridgehead atoms. The highest BCUT2D eigenvalue weighted by molar-refractivity contribution is 5.95. The fraction of sp³-hybridized carbons (Fsp3) is 0.0909. The molecule has 29 heavy (non-hydrogen) atoms. The van der Waals surface area contributed by atoms with Gasteiger partial charge >= 0.3 is 0 Å². The van der Waals surface area contributed by atoms with Crippen molar-refractivity contribution in [3.8, 4) is 5.75 Å². The van der Waals surface area contributed by atoms with Crippen LogP contribution in [0.5, 0.6) is 5.75 Å². The molecule has 3 aromatic carbocycles. The van der Waals surface area contributed by atoms with E-state index in [-0.39, 0.29) is 5.69 Å². The summed E-state index contributed by atoms with van der Waals surface area (Å²) in [7, 11) is 0. The van der Waals surface area contributed by atoms with E-state index in [9.17, 15) is 9.59 Å². The Morgan fingerprint density at radius 2 is 1.62 bits per heavy atom. The fourth-order valence-corrected chi connectivity index (χ4v) is 2.85. The van der Waals surface area contributed by atoms with Crippen LogP contribution in [0.2, 0.25) is 0 Å². The molecule has 0 radical (unpaired) electrons. The molecule has 0 saturated carbocycles. The summed E-state index contributed by atoms with van der Waals surface area (Å²) in [6.07, 6.45) is 0.554. The maximum Gasteiger partial charge on any atom is 0.289 e. The molecule has 4 rings (SSSR count). The molecule has 0 saturated heterocycles. The summed E-state index contributed by atoms with van der Waals surface area (Å²) < 4.78 is 5.69. The molecule has 7 heteroatoms. The summed E-state index contributed by atoms with van der Waals surface area (Å²) in [5.74, 6) is -0.479. The minimum Gasteiger partial charge on any atom is -0.481 e. The number of hydrogen-bond acceptors (Lipinski definition) is 5. The van der Waals surface area contributed by atoms with Crippen LogP contribution in [-0.4, -0.2) is 27.9 Å². The standard InChI is InChI=1S/C22H18N4O3/c1-14(29-17-11-10-15-6-2-3-7-16(15)12-17)21(27)25-26-22(28)20-13-23-18-8-4-5-9-19(18)24-20/h2-14H,1H3,(H,25,27)(H,26,28). The van der Waals surface area contributed by atoms with E-state index in [2.05, 4.69) is 20.8 Å². The highest BCUT2D eigenvalue weighted by atomic mass is 16.5. The molecular formula is C22H18N4O3. The van der Waals surface area contributed by atoms with Gasteiger partial charge in [0.05, 0.1) is 17.2 Å². The molecule has 0 spiro atoms. The number of nitrogens with zero attached hydrogens (tertiary/aromatic N) is 2. The number of nitrogens with one attached hydrogen (secondary N) is 2. The summed E-state index contributed by atoms with van der Waals surface area (Å²) in [5.41, 5.74) is 6.08. The van der Waals surface area contributed by atoms with Crippen LogP contribution in [0, 0.1) is 0 Å². The number of amides is 2. The molecule has 0 fully saturated rings. The Morgan fingerprint density at radius 3 is 2.45 bits per heavy atom. The number of fused-ring (bicyclic) bond motifs is 2. The number of carbonyl (C=O) groups is 2. The Morgan fingerprint density at radius 1 is 0.897 bits per heavy atom. The van der Waals surface area contributed by atoms with Crippen LogP contribution >= 0.6 is 0 Å². The van der Waals surface area contributed by atoms with Gasteiger partial charge < -0.3 is 4.74 Å². The Balaban J connectivity index is 1.36. The predicted molar refractivity (Wildman–Crippen MR) is 109 cm³/mol. The summed E-state index contributed by atoms with van der Waals surface area (Å²) in [4.78, 5) is 32.9. The third-order valence-corrected chi connectivity index (χ3v) is 4.38. The van der Waals surface area contributed by atoms with Crippen LogP contribution in [0.1, 0.15) is 17.4 Å². The quantitative estimate of drug-likeness (QED) is 0.526. The number of benzene rings is 3. The lowest BCUT2D eigenvalue weighted by Crippen LogP contribution is -2.47. The summed E-state index contributed by atoms with van der Waals surface area (Å²) in [5, 5.41) is 2.10. The highest BCUT2D eigenvalue weighted by Crippen LogP contribution is 2.21. The third kappa shape index (κ3) is 4.14. The normalized spacial score (nSPS) is 11.8. The monoisotopic (exact) mass is 386 g/mol. The molecule has 144 valence electrons. The molecule has 2 amide bonds. The number of rotatable bonds is 4. The lowest BCUT2D eigenvalue weighted by Gasteiger charge is -2.15. The molecule has 1 heterocycles. The van der Waals surface area contributed by atoms with Gasteiger partial charge in [-0.2, -0.15) is 0 Å². The average Bonchev–Trinajstić information content (AvgIpc) is 2.76. The lowest BCUT2D eigenvalue weighted by molar-refractivity contribution is -0.128. The highest BCUT2D eigenvalue weighted by Gasteiger charge is 2.17. The SMILES string of the molecule is CC(Oc1ccc2ccccc2c1)C(=O)NNC(=O)c1cnc2ccccc2n1. The summed E-state index contributed by atoms with van der Waals surface area (Å²) in [6, 6.07) is 20.7. The van der Waals surface area contributed by atoms with Gasteiger partial charge in [-0.05, 0) is 42.0 Å². The van der Waals surface area contributed by atoms with Crippen LogP contribution in [0.25, 0.3) is 21.8 Å². The molecule has 0 aliphatic carbocycles. The van der Waals surface area contributed by atoms with Crippen molar-refractivity contribution in [2.45, 2.75) is 13.0 Å². The lowest BCUT2D eigenvalue weighted by atomic mass is 10.1. The molecule has 7 nitrogen and oxygen atoms in total. The second kappa shape index (κ2) is 7.93. The second-order valence-corrected chi connectivity index (χ2v) is 6.46. The van der Waals surface area contributed by atoms with Gasteiger partial charge in [0.1, 0.15) is 11.4 Å². The molecule has 1 atom stereocenters. The predicted octanol–water partition coefficient (Wildman–Crippen LogP) is 3.01. The van der Waals surface area contributed by atoms with Crippen LogP contribution in [-0.2, 0) is 4.79 Å². The van der Waals surface area contributed by atoms with Crippen LogP contribution < -0.4 is 15.6 Å². The van der Waals surface area contributed by atoms with E-state index in [1.165, 1.54) is 6.20 Å². The Kier molecular flexibility index (Phi) is 5.03. The van der Waals surface area contributed by atoms with Crippen LogP contribution in [0.4, 0.5) is 0 Å². The van der Waals surface area contributed by atoms with Gasteiger partial charge in [0, 0.05) is 0 Å². The van der Waals surface area contributed by atoms with E-state index in [1.54, 1.807) is 25.1 Å². The summed E-state index contributed by atoms with van der Waals surface area (Å²) >= 11 is 0. The van der Waals surface area contributed by atoms with Gasteiger partial charge in [-0.1, -0.05) is 42.5 Å². The van der Waals surface area contributed by atoms with Gasteiger partial charge in [-0.15, -0.1) is 0 Å². The molecule has 4 aromatic rings. The molecule has 1 unspecified atom stereocenters. The number of hydrazine groups is 1. The van der Waals surface area contributed by atoms with Crippen molar-refractivity contribution >= 4 is 33.6 Å². The van der Waals surface area contributed by atoms with E-state index < -0.39 is 17.9 Å². The Bertz CT molecular complexity index is 1210. The average molecular weight is 386 g/mol. The largest absolute Gasteiger partial charge is 0.481 e. The van der Waals surface area contributed by atoms with Crippen molar-refractivity contribution in [2.75, 3.05) is 0 Å². The summed E-state index contributed by atoms with van der Waals surface area (Å²) in [6.45, 7) is 1.60. The molecular weight excluding hydrogens is 368 g/mol. The fourth-order valence-electron chi connectivity index (χ4n) is 2.85. The zero-order valence-corrected chi connectivity index (χ0v) is 15.6. The van der Waals surface area contributed by atoms with E-state index in [0.717, 1.165) is 10.8 Å². The number of carbonyl (C=O) groups excluding carboxylic acids is 2. The van der Waals surface area contributed by atoms with Crippen molar-refractivity contribution in [3.63, 3.8) is 0 Å². The van der Waals surface area contributed by atoms with E-state index in [1.807, 2.05) is 48.5 Å². The minimum absolute atomic E-state index is 0.104. The smallest absolute Gasteiger partial charge is 0.289 e. The van der Waals surface area contributed by atoms with E-state index >= 15 is 0 Å². The zero-order valence-electron chi connectivity index (χ0n) is 15.6. The van der Waals surface area contributed by atoms with E-state index in [4.69, 9.17) is 4.74 Å². The first-order chi connectivity index (χ1) is 14.1. The van der Waals surface area contributed by atoms with E-state index in [0.29, 0.717) is 16.8 Å². The first-order valence-corrected chi connectivity index (χ1v) is 9.07. The maximum atomic E-state index is 12.3. The maximum absolute atomic E-state index is 12.3. The van der Waals surface area contributed by atoms with Gasteiger partial charge in [0.15, 0.2) is 6.10 Å². The van der Waals surface area contributed by atoms with Crippen molar-refractivity contribution in [1.29, 1.82) is 0 Å². The van der Waals surface area contributed by atoms with Gasteiger partial charge in [-0.3, -0.25) is 25.4 Å². The van der Waals surface area contributed by atoms with Crippen LogP contribution in [0.15, 0.2) is 72.9 Å². The minimum atomic E-state index is -0.806. The second-order valence-electron chi connectivity index (χ2n) is 6.46. The topological polar surface area (TPSA) is 93.2 Å². The zero-order chi connectivity index (χ0) is 20.2. The number of para-hydroxylation sites is 2. The number of ether oxygens (including phenoxy) is 1.